The Labute approximate surface area is 147 Å². The molecule has 2 aromatic rings. The molecule has 2 atom stereocenters. The van der Waals surface area contributed by atoms with E-state index in [-0.39, 0.29) is 18.4 Å². The maximum atomic E-state index is 12.6. The standard InChI is InChI=1S/C15H14Cl2N2O3S/c16-8-1-2-9(11(17)5-8)12(6-20)19-14(21)10-3-4-22-15-13(10)23-7-18-15/h1-2,5,7,10,12,20H,3-4,6H2,(H,19,21)/t10?,12-/m1/s1. The lowest BCUT2D eigenvalue weighted by molar-refractivity contribution is -0.124. The molecule has 23 heavy (non-hydrogen) atoms. The third-order valence-electron chi connectivity index (χ3n) is 3.68. The summed E-state index contributed by atoms with van der Waals surface area (Å²) < 4.78 is 5.43. The van der Waals surface area contributed by atoms with Crippen molar-refractivity contribution in [1.82, 2.24) is 10.3 Å². The lowest BCUT2D eigenvalue weighted by Gasteiger charge is -2.24. The van der Waals surface area contributed by atoms with Crippen molar-refractivity contribution in [3.05, 3.63) is 44.2 Å². The van der Waals surface area contributed by atoms with Crippen LogP contribution in [0.3, 0.4) is 0 Å². The van der Waals surface area contributed by atoms with E-state index in [0.29, 0.717) is 34.5 Å². The Morgan fingerprint density at radius 2 is 2.35 bits per heavy atom. The Kier molecular flexibility index (Phi) is 5.06. The van der Waals surface area contributed by atoms with Crippen molar-refractivity contribution in [1.29, 1.82) is 0 Å². The number of aliphatic hydroxyl groups is 1. The number of ether oxygens (including phenoxy) is 1. The third-order valence-corrected chi connectivity index (χ3v) is 5.16. The van der Waals surface area contributed by atoms with Gasteiger partial charge in [-0.1, -0.05) is 29.3 Å². The van der Waals surface area contributed by atoms with Gasteiger partial charge in [0.15, 0.2) is 0 Å². The van der Waals surface area contributed by atoms with Crippen LogP contribution in [0.2, 0.25) is 10.0 Å². The lowest BCUT2D eigenvalue weighted by atomic mass is 10.00. The highest BCUT2D eigenvalue weighted by Crippen LogP contribution is 2.36. The highest BCUT2D eigenvalue weighted by atomic mass is 35.5. The molecule has 5 nitrogen and oxygen atoms in total. The normalized spacial score (nSPS) is 18.0. The number of nitrogens with zero attached hydrogens (tertiary/aromatic N) is 1. The highest BCUT2D eigenvalue weighted by molar-refractivity contribution is 7.10. The molecular formula is C15H14Cl2N2O3S. The van der Waals surface area contributed by atoms with Crippen molar-refractivity contribution >= 4 is 40.4 Å². The van der Waals surface area contributed by atoms with E-state index in [1.165, 1.54) is 11.3 Å². The van der Waals surface area contributed by atoms with E-state index in [2.05, 4.69) is 10.3 Å². The highest BCUT2D eigenvalue weighted by Gasteiger charge is 2.31. The molecule has 1 aliphatic heterocycles. The van der Waals surface area contributed by atoms with Gasteiger partial charge < -0.3 is 15.2 Å². The van der Waals surface area contributed by atoms with Gasteiger partial charge in [-0.2, -0.15) is 0 Å². The van der Waals surface area contributed by atoms with Crippen LogP contribution < -0.4 is 10.1 Å². The molecule has 3 rings (SSSR count). The van der Waals surface area contributed by atoms with Crippen molar-refractivity contribution in [2.45, 2.75) is 18.4 Å². The maximum Gasteiger partial charge on any atom is 0.229 e. The van der Waals surface area contributed by atoms with Crippen molar-refractivity contribution in [3.8, 4) is 5.88 Å². The molecule has 0 saturated heterocycles. The average molecular weight is 373 g/mol. The van der Waals surface area contributed by atoms with Crippen LogP contribution in [0.4, 0.5) is 0 Å². The van der Waals surface area contributed by atoms with Crippen LogP contribution >= 0.6 is 34.5 Å². The maximum absolute atomic E-state index is 12.6. The number of hydrogen-bond acceptors (Lipinski definition) is 5. The van der Waals surface area contributed by atoms with Gasteiger partial charge in [0.25, 0.3) is 0 Å². The number of carbonyl (C=O) groups excluding carboxylic acids is 1. The minimum Gasteiger partial charge on any atom is -0.477 e. The number of fused-ring (bicyclic) bond motifs is 1. The second kappa shape index (κ2) is 7.05. The zero-order valence-electron chi connectivity index (χ0n) is 12.0. The van der Waals surface area contributed by atoms with Crippen LogP contribution in [0.1, 0.15) is 28.8 Å². The first-order valence-corrected chi connectivity index (χ1v) is 8.66. The second-order valence-corrected chi connectivity index (χ2v) is 6.85. The molecule has 1 aromatic heterocycles. The van der Waals surface area contributed by atoms with Gasteiger partial charge >= 0.3 is 0 Å². The van der Waals surface area contributed by atoms with E-state index >= 15 is 0 Å². The molecule has 2 heterocycles. The molecule has 2 N–H and O–H groups in total. The molecule has 0 saturated carbocycles. The molecule has 8 heteroatoms. The second-order valence-electron chi connectivity index (χ2n) is 5.12. The Morgan fingerprint density at radius 1 is 1.52 bits per heavy atom. The average Bonchev–Trinajstić information content (AvgIpc) is 3.01. The molecule has 0 radical (unpaired) electrons. The first-order valence-electron chi connectivity index (χ1n) is 7.02. The largest absolute Gasteiger partial charge is 0.477 e. The van der Waals surface area contributed by atoms with E-state index in [1.807, 2.05) is 0 Å². The lowest BCUT2D eigenvalue weighted by Crippen LogP contribution is -2.36. The molecule has 1 aromatic carbocycles. The monoisotopic (exact) mass is 372 g/mol. The Hall–Kier alpha value is -1.34. The number of carbonyl (C=O) groups is 1. The molecule has 122 valence electrons. The number of aliphatic hydroxyl groups excluding tert-OH is 1. The van der Waals surface area contributed by atoms with E-state index in [4.69, 9.17) is 27.9 Å². The van der Waals surface area contributed by atoms with E-state index in [0.717, 1.165) is 4.88 Å². The fourth-order valence-corrected chi connectivity index (χ4v) is 3.92. The van der Waals surface area contributed by atoms with Gasteiger partial charge in [0.05, 0.1) is 35.6 Å². The number of halogens is 2. The molecule has 1 amide bonds. The molecule has 0 fully saturated rings. The van der Waals surface area contributed by atoms with Crippen molar-refractivity contribution in [2.75, 3.05) is 13.2 Å². The summed E-state index contributed by atoms with van der Waals surface area (Å²) in [6, 6.07) is 4.37. The SMILES string of the molecule is O=C(N[C@H](CO)c1ccc(Cl)cc1Cl)C1CCOc2ncsc21. The third kappa shape index (κ3) is 3.45. The molecular weight excluding hydrogens is 359 g/mol. The van der Waals surface area contributed by atoms with Gasteiger partial charge in [-0.25, -0.2) is 4.98 Å². The fourth-order valence-electron chi connectivity index (χ4n) is 2.52. The Balaban J connectivity index is 1.79. The predicted octanol–water partition coefficient (Wildman–Crippen LogP) is 3.17. The molecule has 0 aliphatic carbocycles. The number of aromatic nitrogens is 1. The summed E-state index contributed by atoms with van der Waals surface area (Å²) >= 11 is 13.4. The van der Waals surface area contributed by atoms with E-state index < -0.39 is 6.04 Å². The summed E-state index contributed by atoms with van der Waals surface area (Å²) in [6.07, 6.45) is 0.577. The first-order chi connectivity index (χ1) is 11.1. The summed E-state index contributed by atoms with van der Waals surface area (Å²) in [5, 5.41) is 13.4. The molecule has 0 spiro atoms. The van der Waals surface area contributed by atoms with Gasteiger partial charge in [-0.05, 0) is 24.1 Å². The number of thiazole rings is 1. The Morgan fingerprint density at radius 3 is 3.09 bits per heavy atom. The zero-order chi connectivity index (χ0) is 16.4. The van der Waals surface area contributed by atoms with Crippen LogP contribution in [0.5, 0.6) is 5.88 Å². The topological polar surface area (TPSA) is 71.5 Å². The Bertz CT molecular complexity index is 722. The predicted molar refractivity (Wildman–Crippen MR) is 89.4 cm³/mol. The first kappa shape index (κ1) is 16.5. The van der Waals surface area contributed by atoms with Gasteiger partial charge in [-0.15, -0.1) is 11.3 Å². The summed E-state index contributed by atoms with van der Waals surface area (Å²) in [6.45, 7) is 0.187. The van der Waals surface area contributed by atoms with Crippen LogP contribution in [0.15, 0.2) is 23.7 Å². The zero-order valence-corrected chi connectivity index (χ0v) is 14.3. The fraction of sp³-hybridized carbons (Fsp3) is 0.333. The van der Waals surface area contributed by atoms with Crippen LogP contribution in [0, 0.1) is 0 Å². The van der Waals surface area contributed by atoms with Crippen molar-refractivity contribution in [3.63, 3.8) is 0 Å². The number of rotatable bonds is 4. The van der Waals surface area contributed by atoms with Gasteiger partial charge in [0, 0.05) is 10.0 Å². The minimum atomic E-state index is -0.591. The number of nitrogens with one attached hydrogen (secondary N) is 1. The van der Waals surface area contributed by atoms with Crippen LogP contribution in [-0.2, 0) is 4.79 Å². The molecule has 1 aliphatic rings. The molecule has 0 bridgehead atoms. The van der Waals surface area contributed by atoms with Crippen LogP contribution in [0.25, 0.3) is 0 Å². The quantitative estimate of drug-likeness (QED) is 0.864. The summed E-state index contributed by atoms with van der Waals surface area (Å²) in [5.41, 5.74) is 2.29. The number of hydrogen-bond donors (Lipinski definition) is 2. The minimum absolute atomic E-state index is 0.177. The van der Waals surface area contributed by atoms with Gasteiger partial charge in [-0.3, -0.25) is 4.79 Å². The summed E-state index contributed by atoms with van der Waals surface area (Å²) in [5.74, 6) is 0.0155. The van der Waals surface area contributed by atoms with Gasteiger partial charge in [0.1, 0.15) is 0 Å². The van der Waals surface area contributed by atoms with Crippen molar-refractivity contribution < 1.29 is 14.6 Å². The van der Waals surface area contributed by atoms with Crippen molar-refractivity contribution in [2.24, 2.45) is 0 Å². The number of amides is 1. The smallest absolute Gasteiger partial charge is 0.229 e. The summed E-state index contributed by atoms with van der Waals surface area (Å²) in [7, 11) is 0. The molecule has 1 unspecified atom stereocenters. The van der Waals surface area contributed by atoms with E-state index in [9.17, 15) is 9.90 Å². The summed E-state index contributed by atoms with van der Waals surface area (Å²) in [4.78, 5) is 17.5. The van der Waals surface area contributed by atoms with Crippen LogP contribution in [-0.4, -0.2) is 29.2 Å². The number of benzene rings is 1. The van der Waals surface area contributed by atoms with E-state index in [1.54, 1.807) is 23.7 Å². The van der Waals surface area contributed by atoms with Gasteiger partial charge in [0.2, 0.25) is 11.8 Å².